The second kappa shape index (κ2) is 5.62. The summed E-state index contributed by atoms with van der Waals surface area (Å²) in [7, 11) is 0. The molecule has 0 nitrogen and oxygen atoms in total. The molecule has 0 aliphatic carbocycles. The van der Waals surface area contributed by atoms with Crippen molar-refractivity contribution in [2.24, 2.45) is 0 Å². The minimum absolute atomic E-state index is 1.08. The normalized spacial score (nSPS) is 8.00. The standard InChI is InChI=1S/C4H7S.Al/c1-2-3-4-5;/h4H,1-3H2;. The van der Waals surface area contributed by atoms with E-state index in [4.69, 9.17) is 0 Å². The molecule has 0 aliphatic rings. The Balaban J connectivity index is 2.49. The Kier molecular flexibility index (Phi) is 6.21. The van der Waals surface area contributed by atoms with Crippen molar-refractivity contribution in [3.05, 3.63) is 0 Å². The van der Waals surface area contributed by atoms with E-state index in [9.17, 15) is 0 Å². The van der Waals surface area contributed by atoms with Crippen LogP contribution in [0.15, 0.2) is 0 Å². The number of thiocarbonyl (C=S) groups is 1. The lowest BCUT2D eigenvalue weighted by atomic mass is 10.4. The van der Waals surface area contributed by atoms with E-state index in [1.807, 2.05) is 0 Å². The van der Waals surface area contributed by atoms with Crippen LogP contribution in [0.4, 0.5) is 0 Å². The van der Waals surface area contributed by atoms with Gasteiger partial charge in [0, 0.05) is 0 Å². The monoisotopic (exact) mass is 114 g/mol. The van der Waals surface area contributed by atoms with Crippen LogP contribution in [0.5, 0.6) is 0 Å². The minimum atomic E-state index is 1.08. The van der Waals surface area contributed by atoms with Gasteiger partial charge >= 0.3 is 0 Å². The van der Waals surface area contributed by atoms with Crippen LogP contribution in [-0.2, 0) is 0 Å². The lowest BCUT2D eigenvalue weighted by molar-refractivity contribution is 1.01. The van der Waals surface area contributed by atoms with Crippen LogP contribution in [0.25, 0.3) is 0 Å². The van der Waals surface area contributed by atoms with Crippen LogP contribution >= 0.6 is 12.2 Å². The molecule has 32 valence electrons. The molecule has 6 heavy (non-hydrogen) atoms. The minimum Gasteiger partial charge on any atom is -0.117 e. The fourth-order valence-corrected chi connectivity index (χ4v) is 0.604. The zero-order chi connectivity index (χ0) is 4.83. The van der Waals surface area contributed by atoms with E-state index >= 15 is 0 Å². The van der Waals surface area contributed by atoms with Gasteiger partial charge < -0.3 is 0 Å². The summed E-state index contributed by atoms with van der Waals surface area (Å²) in [6.45, 7) is 0. The van der Waals surface area contributed by atoms with Gasteiger partial charge in [0.2, 0.25) is 0 Å². The van der Waals surface area contributed by atoms with Crippen LogP contribution in [0.1, 0.15) is 12.8 Å². The van der Waals surface area contributed by atoms with Gasteiger partial charge in [0.15, 0.2) is 0 Å². The first-order valence-corrected chi connectivity index (χ1v) is 3.34. The van der Waals surface area contributed by atoms with Crippen molar-refractivity contribution >= 4 is 33.9 Å². The molecule has 0 heterocycles. The topological polar surface area (TPSA) is 0 Å². The summed E-state index contributed by atoms with van der Waals surface area (Å²) in [6.07, 6.45) is 2.30. The molecule has 0 amide bonds. The van der Waals surface area contributed by atoms with Crippen LogP contribution < -0.4 is 0 Å². The molecule has 0 aliphatic heterocycles. The zero-order valence-corrected chi connectivity index (χ0v) is 5.66. The van der Waals surface area contributed by atoms with Gasteiger partial charge in [-0.15, -0.1) is 5.28 Å². The van der Waals surface area contributed by atoms with Crippen LogP contribution in [0.3, 0.4) is 0 Å². The first-order chi connectivity index (χ1) is 2.91. The second-order valence-electron chi connectivity index (χ2n) is 1.10. The smallest absolute Gasteiger partial charge is 0.117 e. The number of hydrogen-bond acceptors (Lipinski definition) is 1. The van der Waals surface area contributed by atoms with Gasteiger partial charge in [0.1, 0.15) is 16.3 Å². The molecule has 0 bridgehead atoms. The molecule has 0 aromatic carbocycles. The molecule has 0 saturated heterocycles. The Labute approximate surface area is 52.4 Å². The van der Waals surface area contributed by atoms with Gasteiger partial charge in [0.25, 0.3) is 0 Å². The first kappa shape index (κ1) is 6.62. The highest BCUT2D eigenvalue weighted by molar-refractivity contribution is 7.78. The van der Waals surface area contributed by atoms with E-state index in [-0.39, 0.29) is 0 Å². The molecule has 0 unspecified atom stereocenters. The molecule has 0 spiro atoms. The maximum absolute atomic E-state index is 4.58. The van der Waals surface area contributed by atoms with Crippen molar-refractivity contribution in [1.82, 2.24) is 0 Å². The summed E-state index contributed by atoms with van der Waals surface area (Å²) in [5, 5.41) is 2.96. The van der Waals surface area contributed by atoms with Gasteiger partial charge in [0.05, 0.1) is 0 Å². The molecular weight excluding hydrogens is 107 g/mol. The van der Waals surface area contributed by atoms with E-state index in [0.29, 0.717) is 0 Å². The highest BCUT2D eigenvalue weighted by Crippen LogP contribution is 1.86. The second-order valence-corrected chi connectivity index (χ2v) is 2.01. The van der Waals surface area contributed by atoms with Crippen LogP contribution in [0, 0.1) is 0 Å². The first-order valence-electron chi connectivity index (χ1n) is 2.05. The zero-order valence-electron chi connectivity index (χ0n) is 3.68. The molecule has 0 rings (SSSR count). The van der Waals surface area contributed by atoms with Crippen LogP contribution in [-0.4, -0.2) is 21.7 Å². The summed E-state index contributed by atoms with van der Waals surface area (Å²) in [5.74, 6) is 0. The van der Waals surface area contributed by atoms with E-state index in [0.717, 1.165) is 6.42 Å². The highest BCUT2D eigenvalue weighted by atomic mass is 32.1. The SMILES string of the molecule is [Al][CH2]CCC=S. The van der Waals surface area contributed by atoms with Crippen molar-refractivity contribution < 1.29 is 0 Å². The number of hydrogen-bond donors (Lipinski definition) is 0. The number of unbranched alkanes of at least 4 members (excludes halogenated alkanes) is 1. The predicted octanol–water partition coefficient (Wildman–Crippen LogP) is 1.35. The van der Waals surface area contributed by atoms with E-state index < -0.39 is 0 Å². The third-order valence-corrected chi connectivity index (χ3v) is 1.17. The third kappa shape index (κ3) is 4.62. The average Bonchev–Trinajstić information content (AvgIpc) is 1.61. The molecular formula is C4H7AlS. The molecule has 0 N–H and O–H groups in total. The summed E-state index contributed by atoms with van der Waals surface area (Å²) >= 11 is 7.25. The quantitative estimate of drug-likeness (QED) is 0.303. The number of rotatable bonds is 3. The Bertz CT molecular complexity index is 36.5. The molecule has 2 radical (unpaired) electrons. The van der Waals surface area contributed by atoms with Gasteiger partial charge in [-0.3, -0.25) is 0 Å². The lowest BCUT2D eigenvalue weighted by Gasteiger charge is -1.81. The third-order valence-electron chi connectivity index (χ3n) is 0.526. The van der Waals surface area contributed by atoms with E-state index in [1.165, 1.54) is 11.7 Å². The molecule has 0 atom stereocenters. The van der Waals surface area contributed by atoms with Gasteiger partial charge in [-0.1, -0.05) is 18.6 Å². The van der Waals surface area contributed by atoms with Crippen molar-refractivity contribution in [1.29, 1.82) is 0 Å². The Hall–Kier alpha value is 0.622. The summed E-state index contributed by atoms with van der Waals surface area (Å²) in [4.78, 5) is 0. The van der Waals surface area contributed by atoms with Crippen molar-refractivity contribution in [2.75, 3.05) is 0 Å². The Morgan fingerprint density at radius 1 is 1.67 bits per heavy atom. The fraction of sp³-hybridized carbons (Fsp3) is 0.750. The van der Waals surface area contributed by atoms with Gasteiger partial charge in [-0.05, 0) is 11.8 Å². The lowest BCUT2D eigenvalue weighted by Crippen LogP contribution is -1.70. The van der Waals surface area contributed by atoms with Crippen molar-refractivity contribution in [3.63, 3.8) is 0 Å². The summed E-state index contributed by atoms with van der Waals surface area (Å²) in [6, 6.07) is 0. The molecule has 0 saturated carbocycles. The van der Waals surface area contributed by atoms with Crippen LogP contribution in [0.2, 0.25) is 5.28 Å². The molecule has 0 aromatic heterocycles. The summed E-state index contributed by atoms with van der Waals surface area (Å²) < 4.78 is 0. The summed E-state index contributed by atoms with van der Waals surface area (Å²) in [5.41, 5.74) is 0. The average molecular weight is 114 g/mol. The van der Waals surface area contributed by atoms with E-state index in [2.05, 4.69) is 28.5 Å². The van der Waals surface area contributed by atoms with Gasteiger partial charge in [-0.2, -0.15) is 0 Å². The highest BCUT2D eigenvalue weighted by Gasteiger charge is 1.72. The van der Waals surface area contributed by atoms with Crippen molar-refractivity contribution in [2.45, 2.75) is 18.1 Å². The molecule has 0 aromatic rings. The fourth-order valence-electron chi connectivity index (χ4n) is 0.201. The largest absolute Gasteiger partial charge is 0.118 e. The van der Waals surface area contributed by atoms with E-state index in [1.54, 1.807) is 5.37 Å². The Morgan fingerprint density at radius 3 is 2.50 bits per heavy atom. The van der Waals surface area contributed by atoms with Gasteiger partial charge in [-0.25, -0.2) is 0 Å². The maximum atomic E-state index is 4.58. The molecule has 0 fully saturated rings. The van der Waals surface area contributed by atoms with Crippen molar-refractivity contribution in [3.8, 4) is 0 Å². The molecule has 2 heteroatoms. The predicted molar refractivity (Wildman–Crippen MR) is 33.4 cm³/mol. The Morgan fingerprint density at radius 2 is 2.33 bits per heavy atom. The maximum Gasteiger partial charge on any atom is 0.118 e.